The lowest BCUT2D eigenvalue weighted by molar-refractivity contribution is -0.384. The number of aromatic nitrogens is 1. The van der Waals surface area contributed by atoms with Crippen LogP contribution in [0.4, 0.5) is 11.5 Å². The van der Waals surface area contributed by atoms with Crippen LogP contribution in [-0.2, 0) is 12.8 Å². The first kappa shape index (κ1) is 12.4. The van der Waals surface area contributed by atoms with Gasteiger partial charge in [-0.3, -0.25) is 10.1 Å². The number of hydrogen-bond donors (Lipinski definition) is 1. The highest BCUT2D eigenvalue weighted by Crippen LogP contribution is 2.30. The predicted molar refractivity (Wildman–Crippen MR) is 73.8 cm³/mol. The normalized spacial score (nSPS) is 13.0. The lowest BCUT2D eigenvalue weighted by atomic mass is 10.1. The minimum Gasteiger partial charge on any atom is -0.439 e. The molecule has 1 aliphatic carbocycles. The second-order valence-corrected chi connectivity index (χ2v) is 4.73. The van der Waals surface area contributed by atoms with Crippen LogP contribution < -0.4 is 10.5 Å². The average Bonchev–Trinajstić information content (AvgIpc) is 2.85. The highest BCUT2D eigenvalue weighted by atomic mass is 16.6. The SMILES string of the molecule is Nc1cc([N+](=O)[O-])cc(Oc2ccc3c(c2)CCC3)n1. The average molecular weight is 271 g/mol. The number of ether oxygens (including phenoxy) is 1. The summed E-state index contributed by atoms with van der Waals surface area (Å²) < 4.78 is 5.58. The molecule has 1 aromatic carbocycles. The molecule has 0 unspecified atom stereocenters. The topological polar surface area (TPSA) is 91.3 Å². The van der Waals surface area contributed by atoms with E-state index in [1.54, 1.807) is 0 Å². The predicted octanol–water partition coefficient (Wildman–Crippen LogP) is 2.85. The van der Waals surface area contributed by atoms with E-state index in [-0.39, 0.29) is 17.4 Å². The molecule has 6 heteroatoms. The molecule has 3 rings (SSSR count). The van der Waals surface area contributed by atoms with Gasteiger partial charge < -0.3 is 10.5 Å². The zero-order valence-corrected chi connectivity index (χ0v) is 10.7. The summed E-state index contributed by atoms with van der Waals surface area (Å²) in [7, 11) is 0. The van der Waals surface area contributed by atoms with E-state index < -0.39 is 4.92 Å². The molecule has 1 aliphatic rings. The monoisotopic (exact) mass is 271 g/mol. The fourth-order valence-electron chi connectivity index (χ4n) is 2.40. The van der Waals surface area contributed by atoms with E-state index in [1.807, 2.05) is 18.2 Å². The van der Waals surface area contributed by atoms with Crippen molar-refractivity contribution < 1.29 is 9.66 Å². The van der Waals surface area contributed by atoms with E-state index in [0.717, 1.165) is 19.3 Å². The molecule has 102 valence electrons. The summed E-state index contributed by atoms with van der Waals surface area (Å²) >= 11 is 0. The van der Waals surface area contributed by atoms with Gasteiger partial charge in [-0.05, 0) is 42.5 Å². The van der Waals surface area contributed by atoms with E-state index in [4.69, 9.17) is 10.5 Å². The molecule has 0 saturated heterocycles. The molecule has 2 aromatic rings. The maximum absolute atomic E-state index is 10.8. The van der Waals surface area contributed by atoms with Crippen LogP contribution in [0.25, 0.3) is 0 Å². The van der Waals surface area contributed by atoms with Gasteiger partial charge in [0.05, 0.1) is 17.1 Å². The number of nitro groups is 1. The van der Waals surface area contributed by atoms with Crippen LogP contribution in [0.15, 0.2) is 30.3 Å². The molecule has 6 nitrogen and oxygen atoms in total. The molecule has 0 bridgehead atoms. The Balaban J connectivity index is 1.89. The van der Waals surface area contributed by atoms with E-state index in [0.29, 0.717) is 5.75 Å². The summed E-state index contributed by atoms with van der Waals surface area (Å²) in [4.78, 5) is 14.2. The molecular weight excluding hydrogens is 258 g/mol. The Labute approximate surface area is 115 Å². The highest BCUT2D eigenvalue weighted by molar-refractivity contribution is 5.47. The lowest BCUT2D eigenvalue weighted by Gasteiger charge is -2.07. The van der Waals surface area contributed by atoms with Crippen LogP contribution in [0.2, 0.25) is 0 Å². The quantitative estimate of drug-likeness (QED) is 0.684. The molecular formula is C14H13N3O3. The number of benzene rings is 1. The maximum atomic E-state index is 10.8. The molecule has 0 spiro atoms. The van der Waals surface area contributed by atoms with Gasteiger partial charge in [-0.2, -0.15) is 4.98 Å². The Morgan fingerprint density at radius 3 is 2.80 bits per heavy atom. The number of nitrogen functional groups attached to an aromatic ring is 1. The Morgan fingerprint density at radius 1 is 1.20 bits per heavy atom. The van der Waals surface area contributed by atoms with Gasteiger partial charge >= 0.3 is 0 Å². The third-order valence-electron chi connectivity index (χ3n) is 3.31. The number of pyridine rings is 1. The van der Waals surface area contributed by atoms with Gasteiger partial charge in [0.1, 0.15) is 11.6 Å². The highest BCUT2D eigenvalue weighted by Gasteiger charge is 2.14. The Bertz CT molecular complexity index is 685. The van der Waals surface area contributed by atoms with Crippen molar-refractivity contribution in [3.63, 3.8) is 0 Å². The minimum atomic E-state index is -0.520. The van der Waals surface area contributed by atoms with E-state index in [1.165, 1.54) is 23.3 Å². The fraction of sp³-hybridized carbons (Fsp3) is 0.214. The molecule has 0 atom stereocenters. The van der Waals surface area contributed by atoms with Crippen LogP contribution in [0, 0.1) is 10.1 Å². The Kier molecular flexibility index (Phi) is 2.98. The molecule has 0 fully saturated rings. The van der Waals surface area contributed by atoms with Crippen molar-refractivity contribution in [3.05, 3.63) is 51.6 Å². The molecule has 0 aliphatic heterocycles. The van der Waals surface area contributed by atoms with Crippen molar-refractivity contribution in [2.24, 2.45) is 0 Å². The lowest BCUT2D eigenvalue weighted by Crippen LogP contribution is -1.97. The van der Waals surface area contributed by atoms with Crippen molar-refractivity contribution >= 4 is 11.5 Å². The Morgan fingerprint density at radius 2 is 2.00 bits per heavy atom. The Hall–Kier alpha value is -2.63. The van der Waals surface area contributed by atoms with Gasteiger partial charge in [0.2, 0.25) is 5.88 Å². The molecule has 0 radical (unpaired) electrons. The first-order valence-electron chi connectivity index (χ1n) is 6.33. The number of nitrogens with two attached hydrogens (primary N) is 1. The summed E-state index contributed by atoms with van der Waals surface area (Å²) in [5, 5.41) is 10.8. The van der Waals surface area contributed by atoms with Gasteiger partial charge in [-0.15, -0.1) is 0 Å². The number of aryl methyl sites for hydroxylation is 2. The number of rotatable bonds is 3. The third kappa shape index (κ3) is 2.40. The summed E-state index contributed by atoms with van der Waals surface area (Å²) in [6.07, 6.45) is 3.29. The second-order valence-electron chi connectivity index (χ2n) is 4.73. The molecule has 1 heterocycles. The first-order chi connectivity index (χ1) is 9.61. The van der Waals surface area contributed by atoms with Gasteiger partial charge in [-0.1, -0.05) is 6.07 Å². The zero-order chi connectivity index (χ0) is 14.1. The van der Waals surface area contributed by atoms with Crippen molar-refractivity contribution in [3.8, 4) is 11.6 Å². The molecule has 2 N–H and O–H groups in total. The number of hydrogen-bond acceptors (Lipinski definition) is 5. The van der Waals surface area contributed by atoms with Gasteiger partial charge in [0.15, 0.2) is 0 Å². The third-order valence-corrected chi connectivity index (χ3v) is 3.31. The number of anilines is 1. The summed E-state index contributed by atoms with van der Waals surface area (Å²) in [5.41, 5.74) is 8.02. The van der Waals surface area contributed by atoms with Gasteiger partial charge in [-0.25, -0.2) is 0 Å². The minimum absolute atomic E-state index is 0.0651. The second kappa shape index (κ2) is 4.80. The standard InChI is InChI=1S/C14H13N3O3/c15-13-7-11(17(18)19)8-14(16-13)20-12-5-4-9-2-1-3-10(9)6-12/h4-8H,1-3H2,(H2,15,16). The van der Waals surface area contributed by atoms with Crippen LogP contribution in [-0.4, -0.2) is 9.91 Å². The first-order valence-corrected chi connectivity index (χ1v) is 6.33. The van der Waals surface area contributed by atoms with Gasteiger partial charge in [0.25, 0.3) is 5.69 Å². The zero-order valence-electron chi connectivity index (χ0n) is 10.7. The molecule has 0 amide bonds. The summed E-state index contributed by atoms with van der Waals surface area (Å²) in [6.45, 7) is 0. The molecule has 0 saturated carbocycles. The van der Waals surface area contributed by atoms with Crippen LogP contribution in [0.1, 0.15) is 17.5 Å². The van der Waals surface area contributed by atoms with E-state index in [2.05, 4.69) is 4.98 Å². The summed E-state index contributed by atoms with van der Waals surface area (Å²) in [6, 6.07) is 8.30. The molecule has 20 heavy (non-hydrogen) atoms. The number of fused-ring (bicyclic) bond motifs is 1. The van der Waals surface area contributed by atoms with Crippen molar-refractivity contribution in [1.29, 1.82) is 0 Å². The van der Waals surface area contributed by atoms with E-state index in [9.17, 15) is 10.1 Å². The van der Waals surface area contributed by atoms with Gasteiger partial charge in [0, 0.05) is 0 Å². The van der Waals surface area contributed by atoms with Crippen LogP contribution in [0.3, 0.4) is 0 Å². The van der Waals surface area contributed by atoms with Crippen molar-refractivity contribution in [1.82, 2.24) is 4.98 Å². The summed E-state index contributed by atoms with van der Waals surface area (Å²) in [5.74, 6) is 0.822. The number of nitrogens with zero attached hydrogens (tertiary/aromatic N) is 2. The van der Waals surface area contributed by atoms with Crippen LogP contribution >= 0.6 is 0 Å². The van der Waals surface area contributed by atoms with Crippen LogP contribution in [0.5, 0.6) is 11.6 Å². The van der Waals surface area contributed by atoms with Crippen molar-refractivity contribution in [2.75, 3.05) is 5.73 Å². The maximum Gasteiger partial charge on any atom is 0.278 e. The van der Waals surface area contributed by atoms with Crippen molar-refractivity contribution in [2.45, 2.75) is 19.3 Å². The molecule has 1 aromatic heterocycles. The fourth-order valence-corrected chi connectivity index (χ4v) is 2.40. The smallest absolute Gasteiger partial charge is 0.278 e. The largest absolute Gasteiger partial charge is 0.439 e. The van der Waals surface area contributed by atoms with E-state index >= 15 is 0 Å².